The third kappa shape index (κ3) is 8.82. The summed E-state index contributed by atoms with van der Waals surface area (Å²) in [5, 5.41) is 27.6. The molecule has 316 valence electrons. The highest BCUT2D eigenvalue weighted by atomic mass is 16.5. The van der Waals surface area contributed by atoms with Crippen LogP contribution in [0.4, 0.5) is 22.7 Å². The van der Waals surface area contributed by atoms with Crippen molar-refractivity contribution in [2.24, 2.45) is 22.3 Å². The Balaban J connectivity index is 0.000000181. The molecule has 2 aliphatic carbocycles. The Hall–Kier alpha value is -5.94. The van der Waals surface area contributed by atoms with Crippen LogP contribution in [0.3, 0.4) is 0 Å². The molecule has 4 aliphatic rings. The first-order valence-electron chi connectivity index (χ1n) is 20.2. The first-order valence-corrected chi connectivity index (χ1v) is 20.2. The number of anilines is 4. The number of benzene rings is 2. The maximum atomic E-state index is 13.0. The molecular weight excluding hydrogens is 765 g/mol. The van der Waals surface area contributed by atoms with Gasteiger partial charge >= 0.3 is 0 Å². The predicted molar refractivity (Wildman–Crippen MR) is 229 cm³/mol. The second kappa shape index (κ2) is 17.7. The average molecular weight is 819 g/mol. The Labute approximate surface area is 349 Å². The lowest BCUT2D eigenvalue weighted by Gasteiger charge is -2.31. The van der Waals surface area contributed by atoms with Gasteiger partial charge in [0.2, 0.25) is 0 Å². The van der Waals surface area contributed by atoms with Crippen LogP contribution in [0, 0.1) is 10.8 Å². The van der Waals surface area contributed by atoms with E-state index in [0.29, 0.717) is 64.0 Å². The summed E-state index contributed by atoms with van der Waals surface area (Å²) >= 11 is 0. The van der Waals surface area contributed by atoms with Gasteiger partial charge in [-0.3, -0.25) is 9.59 Å². The van der Waals surface area contributed by atoms with Crippen LogP contribution in [-0.2, 0) is 31.9 Å². The Morgan fingerprint density at radius 1 is 0.650 bits per heavy atom. The number of carbonyl (C=O) groups is 2. The molecule has 2 atom stereocenters. The van der Waals surface area contributed by atoms with E-state index >= 15 is 0 Å². The van der Waals surface area contributed by atoms with E-state index in [1.54, 1.807) is 36.9 Å². The Bertz CT molecular complexity index is 2100. The maximum Gasteiger partial charge on any atom is 0.261 e. The molecule has 4 heterocycles. The number of morpholine rings is 2. The van der Waals surface area contributed by atoms with E-state index in [0.717, 1.165) is 46.5 Å². The molecule has 2 amide bonds. The fraction of sp³-hybridized carbons (Fsp3) is 0.409. The van der Waals surface area contributed by atoms with Gasteiger partial charge in [0.15, 0.2) is 11.6 Å². The van der Waals surface area contributed by atoms with Crippen LogP contribution in [0.5, 0.6) is 0 Å². The molecule has 0 radical (unpaired) electrons. The summed E-state index contributed by atoms with van der Waals surface area (Å²) in [4.78, 5) is 46.9. The molecule has 8 rings (SSSR count). The smallest absolute Gasteiger partial charge is 0.261 e. The molecule has 0 bridgehead atoms. The number of aliphatic hydroxyl groups is 2. The molecular formula is C44H54N10O6. The number of aromatic nitrogens is 4. The van der Waals surface area contributed by atoms with Gasteiger partial charge in [0, 0.05) is 63.4 Å². The van der Waals surface area contributed by atoms with Crippen molar-refractivity contribution in [1.29, 1.82) is 0 Å². The zero-order chi connectivity index (χ0) is 42.6. The quantitative estimate of drug-likeness (QED) is 0.139. The molecule has 0 saturated carbocycles. The molecule has 2 saturated heterocycles. The van der Waals surface area contributed by atoms with Crippen LogP contribution < -0.4 is 31.9 Å². The fourth-order valence-corrected chi connectivity index (χ4v) is 8.22. The van der Waals surface area contributed by atoms with Crippen LogP contribution in [-0.4, -0.2) is 94.6 Å². The van der Waals surface area contributed by atoms with Gasteiger partial charge in [-0.25, -0.2) is 19.9 Å². The Kier molecular flexibility index (Phi) is 12.5. The van der Waals surface area contributed by atoms with E-state index in [2.05, 4.69) is 40.4 Å². The molecule has 16 nitrogen and oxygen atoms in total. The van der Waals surface area contributed by atoms with Crippen LogP contribution in [0.1, 0.15) is 73.8 Å². The molecule has 60 heavy (non-hydrogen) atoms. The highest BCUT2D eigenvalue weighted by Gasteiger charge is 2.40. The number of ether oxygens (including phenoxy) is 2. The number of nitrogens with one attached hydrogen (secondary N) is 2. The van der Waals surface area contributed by atoms with E-state index in [1.165, 1.54) is 12.4 Å². The molecule has 0 spiro atoms. The lowest BCUT2D eigenvalue weighted by atomic mass is 9.87. The standard InChI is InChI=1S/2C22H27N5O3/c2*1-22(2)12-14-10-17(26-21(29)16(13-23)20-24-4-3-5-25-20)18(11-15(14)19(22)28)27-6-8-30-9-7-27/h2*3-5,10-11,13,19,28H,6-9,12,23H2,1-2H3,(H,26,29)/t2*19-/m10/s1. The highest BCUT2D eigenvalue weighted by molar-refractivity contribution is 6.25. The molecule has 8 N–H and O–H groups in total. The van der Waals surface area contributed by atoms with E-state index in [1.807, 2.05) is 52.0 Å². The third-order valence-corrected chi connectivity index (χ3v) is 11.5. The van der Waals surface area contributed by atoms with Gasteiger partial charge in [-0.1, -0.05) is 27.7 Å². The summed E-state index contributed by atoms with van der Waals surface area (Å²) in [6.45, 7) is 13.5. The molecule has 2 aromatic carbocycles. The number of nitrogens with two attached hydrogens (primary N) is 2. The van der Waals surface area contributed by atoms with Gasteiger partial charge in [-0.05, 0) is 82.3 Å². The lowest BCUT2D eigenvalue weighted by Crippen LogP contribution is -2.37. The van der Waals surface area contributed by atoms with Crippen molar-refractivity contribution in [3.8, 4) is 0 Å². The number of fused-ring (bicyclic) bond motifs is 2. The minimum atomic E-state index is -0.547. The van der Waals surface area contributed by atoms with E-state index < -0.39 is 12.2 Å². The molecule has 4 aromatic rings. The molecule has 2 aliphatic heterocycles. The van der Waals surface area contributed by atoms with Gasteiger partial charge in [0.05, 0.1) is 72.5 Å². The van der Waals surface area contributed by atoms with Crippen molar-refractivity contribution >= 4 is 45.7 Å². The van der Waals surface area contributed by atoms with Crippen LogP contribution in [0.15, 0.2) is 73.6 Å². The number of hydrogen-bond acceptors (Lipinski definition) is 14. The molecule has 0 unspecified atom stereocenters. The number of carbonyl (C=O) groups excluding carboxylic acids is 2. The van der Waals surface area contributed by atoms with Crippen LogP contribution in [0.25, 0.3) is 11.1 Å². The molecule has 2 aromatic heterocycles. The second-order valence-corrected chi connectivity index (χ2v) is 16.7. The zero-order valence-corrected chi connectivity index (χ0v) is 34.5. The lowest BCUT2D eigenvalue weighted by molar-refractivity contribution is -0.111. The minimum absolute atomic E-state index is 0.199. The van der Waals surface area contributed by atoms with Crippen molar-refractivity contribution in [2.45, 2.75) is 52.7 Å². The fourth-order valence-electron chi connectivity index (χ4n) is 8.22. The van der Waals surface area contributed by atoms with Crippen LogP contribution >= 0.6 is 0 Å². The van der Waals surface area contributed by atoms with Crippen LogP contribution in [0.2, 0.25) is 0 Å². The van der Waals surface area contributed by atoms with E-state index in [9.17, 15) is 19.8 Å². The predicted octanol–water partition coefficient (Wildman–Crippen LogP) is 3.73. The van der Waals surface area contributed by atoms with Crippen molar-refractivity contribution < 1.29 is 29.3 Å². The minimum Gasteiger partial charge on any atom is -0.404 e. The van der Waals surface area contributed by atoms with Crippen molar-refractivity contribution in [3.63, 3.8) is 0 Å². The highest BCUT2D eigenvalue weighted by Crippen LogP contribution is 2.49. The normalized spacial score (nSPS) is 20.7. The first kappa shape index (κ1) is 42.2. The largest absolute Gasteiger partial charge is 0.404 e. The number of nitrogens with zero attached hydrogens (tertiary/aromatic N) is 6. The molecule has 16 heteroatoms. The van der Waals surface area contributed by atoms with Gasteiger partial charge in [0.1, 0.15) is 0 Å². The van der Waals surface area contributed by atoms with E-state index in [-0.39, 0.29) is 45.4 Å². The Morgan fingerprint density at radius 2 is 1.00 bits per heavy atom. The topological polar surface area (TPSA) is 227 Å². The Morgan fingerprint density at radius 3 is 1.33 bits per heavy atom. The van der Waals surface area contributed by atoms with Gasteiger partial charge in [-0.2, -0.15) is 0 Å². The summed E-state index contributed by atoms with van der Waals surface area (Å²) < 4.78 is 11.0. The number of amides is 2. The van der Waals surface area contributed by atoms with Gasteiger partial charge in [-0.15, -0.1) is 0 Å². The van der Waals surface area contributed by atoms with Gasteiger partial charge < -0.3 is 51.6 Å². The zero-order valence-electron chi connectivity index (χ0n) is 34.5. The van der Waals surface area contributed by atoms with E-state index in [4.69, 9.17) is 20.9 Å². The third-order valence-electron chi connectivity index (χ3n) is 11.5. The monoisotopic (exact) mass is 818 g/mol. The van der Waals surface area contributed by atoms with Crippen molar-refractivity contribution in [2.75, 3.05) is 73.0 Å². The summed E-state index contributed by atoms with van der Waals surface area (Å²) in [7, 11) is 0. The van der Waals surface area contributed by atoms with Gasteiger partial charge in [0.25, 0.3) is 11.8 Å². The number of hydrogen-bond donors (Lipinski definition) is 6. The first-order chi connectivity index (χ1) is 28.8. The SMILES string of the molecule is CC1(C)Cc2cc(NC(=O)C(=CN)c3ncccn3)c(N3CCOCC3)cc2[C@@H]1O.CC1(C)Cc2cc(NC(=O)C(=CN)c3ncccn3)c(N3CCOCC3)cc2[C@H]1O. The summed E-state index contributed by atoms with van der Waals surface area (Å²) in [6, 6.07) is 11.3. The summed E-state index contributed by atoms with van der Waals surface area (Å²) in [6.07, 6.45) is 9.08. The average Bonchev–Trinajstić information content (AvgIpc) is 3.62. The molecule has 2 fully saturated rings. The second-order valence-electron chi connectivity index (χ2n) is 16.7. The number of aliphatic hydroxyl groups excluding tert-OH is 2. The maximum absolute atomic E-state index is 13.0. The number of rotatable bonds is 8. The van der Waals surface area contributed by atoms with Crippen molar-refractivity contribution in [3.05, 3.63) is 107 Å². The van der Waals surface area contributed by atoms with Crippen molar-refractivity contribution in [1.82, 2.24) is 19.9 Å². The summed E-state index contributed by atoms with van der Waals surface area (Å²) in [5.41, 5.74) is 18.3. The summed E-state index contributed by atoms with van der Waals surface area (Å²) in [5.74, 6) is -0.224.